The Balaban J connectivity index is 1.35. The summed E-state index contributed by atoms with van der Waals surface area (Å²) in [6.45, 7) is 2.17. The number of hydrogen-bond donors (Lipinski definition) is 2. The van der Waals surface area contributed by atoms with Crippen molar-refractivity contribution in [1.29, 1.82) is 0 Å². The van der Waals surface area contributed by atoms with Crippen molar-refractivity contribution in [3.05, 3.63) is 138 Å². The Bertz CT molecular complexity index is 1310. The third kappa shape index (κ3) is 4.41. The highest BCUT2D eigenvalue weighted by Crippen LogP contribution is 2.37. The second-order valence-corrected chi connectivity index (χ2v) is 9.28. The van der Waals surface area contributed by atoms with Gasteiger partial charge in [0.15, 0.2) is 0 Å². The number of aromatic amines is 1. The fourth-order valence-corrected chi connectivity index (χ4v) is 5.14. The summed E-state index contributed by atoms with van der Waals surface area (Å²) in [7, 11) is 0. The molecule has 0 bridgehead atoms. The number of fused-ring (bicyclic) bond motifs is 1. The lowest BCUT2D eigenvalue weighted by Crippen LogP contribution is -2.45. The second kappa shape index (κ2) is 10.0. The van der Waals surface area contributed by atoms with E-state index in [0.717, 1.165) is 36.2 Å². The summed E-state index contributed by atoms with van der Waals surface area (Å²) in [6.07, 6.45) is 3.20. The maximum atomic E-state index is 6.13. The molecule has 2 heterocycles. The van der Waals surface area contributed by atoms with Crippen LogP contribution in [-0.2, 0) is 16.7 Å². The maximum Gasteiger partial charge on any atom is 0.129 e. The van der Waals surface area contributed by atoms with Crippen LogP contribution in [-0.4, -0.2) is 30.8 Å². The summed E-state index contributed by atoms with van der Waals surface area (Å²) in [6, 6.07) is 38.4. The Labute approximate surface area is 211 Å². The van der Waals surface area contributed by atoms with Crippen molar-refractivity contribution in [2.24, 2.45) is 0 Å². The van der Waals surface area contributed by atoms with Gasteiger partial charge in [0.2, 0.25) is 0 Å². The van der Waals surface area contributed by atoms with Gasteiger partial charge in [0.1, 0.15) is 18.5 Å². The first-order valence-corrected chi connectivity index (χ1v) is 12.6. The minimum absolute atomic E-state index is 0.229. The first-order valence-electron chi connectivity index (χ1n) is 12.6. The lowest BCUT2D eigenvalue weighted by molar-refractivity contribution is 0.265. The van der Waals surface area contributed by atoms with Crippen molar-refractivity contribution < 1.29 is 9.47 Å². The first-order chi connectivity index (χ1) is 17.8. The minimum atomic E-state index is -0.474. The van der Waals surface area contributed by atoms with Crippen molar-refractivity contribution in [3.8, 4) is 5.75 Å². The Hall–Kier alpha value is -3.86. The molecular formula is C32H30N2O2. The van der Waals surface area contributed by atoms with Gasteiger partial charge >= 0.3 is 0 Å². The van der Waals surface area contributed by atoms with Gasteiger partial charge in [-0.2, -0.15) is 0 Å². The van der Waals surface area contributed by atoms with Crippen LogP contribution in [0, 0.1) is 0 Å². The van der Waals surface area contributed by atoms with E-state index in [1.54, 1.807) is 0 Å². The molecule has 4 aromatic carbocycles. The standard InChI is InChI=1S/C32H30N2O2/c1-4-11-25(12-5-1)32(26-13-6-2-7-14-26,27-15-8-3-9-16-27)34-20-19-24-21-33-29-17-10-18-30(31(24)29)36-23-28-22-35-28/h1-18,21,28,33-34H,19-20,22-23H2. The van der Waals surface area contributed by atoms with Crippen LogP contribution >= 0.6 is 0 Å². The predicted octanol–water partition coefficient (Wildman–Crippen LogP) is 6.07. The van der Waals surface area contributed by atoms with Gasteiger partial charge < -0.3 is 14.5 Å². The van der Waals surface area contributed by atoms with Crippen molar-refractivity contribution in [2.75, 3.05) is 19.8 Å². The number of epoxide rings is 1. The molecule has 5 aromatic rings. The summed E-state index contributed by atoms with van der Waals surface area (Å²) in [5.74, 6) is 0.916. The van der Waals surface area contributed by atoms with E-state index in [-0.39, 0.29) is 6.10 Å². The van der Waals surface area contributed by atoms with E-state index >= 15 is 0 Å². The molecule has 180 valence electrons. The topological polar surface area (TPSA) is 49.6 Å². The molecule has 1 fully saturated rings. The van der Waals surface area contributed by atoms with Crippen LogP contribution in [0.1, 0.15) is 22.3 Å². The van der Waals surface area contributed by atoms with Gasteiger partial charge in [-0.3, -0.25) is 5.32 Å². The van der Waals surface area contributed by atoms with Gasteiger partial charge in [-0.25, -0.2) is 0 Å². The Morgan fingerprint density at radius 2 is 1.36 bits per heavy atom. The van der Waals surface area contributed by atoms with Crippen LogP contribution in [0.5, 0.6) is 5.75 Å². The molecule has 1 saturated heterocycles. The van der Waals surface area contributed by atoms with Crippen LogP contribution < -0.4 is 10.1 Å². The number of ether oxygens (including phenoxy) is 2. The number of hydrogen-bond acceptors (Lipinski definition) is 3. The highest BCUT2D eigenvalue weighted by atomic mass is 16.6. The lowest BCUT2D eigenvalue weighted by Gasteiger charge is -2.37. The van der Waals surface area contributed by atoms with Gasteiger partial charge in [0.05, 0.1) is 12.1 Å². The van der Waals surface area contributed by atoms with Crippen LogP contribution in [0.4, 0.5) is 0 Å². The first kappa shape index (κ1) is 22.6. The smallest absolute Gasteiger partial charge is 0.129 e. The zero-order valence-electron chi connectivity index (χ0n) is 20.2. The summed E-state index contributed by atoms with van der Waals surface area (Å²) in [5, 5.41) is 5.15. The van der Waals surface area contributed by atoms with Gasteiger partial charge in [-0.15, -0.1) is 0 Å². The molecule has 4 nitrogen and oxygen atoms in total. The molecule has 0 aliphatic carbocycles. The average molecular weight is 475 g/mol. The van der Waals surface area contributed by atoms with Crippen molar-refractivity contribution in [1.82, 2.24) is 10.3 Å². The Morgan fingerprint density at radius 1 is 0.778 bits per heavy atom. The zero-order chi connectivity index (χ0) is 24.2. The van der Waals surface area contributed by atoms with E-state index in [1.807, 2.05) is 6.07 Å². The maximum absolute atomic E-state index is 6.13. The van der Waals surface area contributed by atoms with Gasteiger partial charge in [-0.05, 0) is 40.8 Å². The second-order valence-electron chi connectivity index (χ2n) is 9.28. The van der Waals surface area contributed by atoms with Gasteiger partial charge in [-0.1, -0.05) is 97.1 Å². The molecule has 0 saturated carbocycles. The molecule has 0 amide bonds. The van der Waals surface area contributed by atoms with Crippen LogP contribution in [0.15, 0.2) is 115 Å². The van der Waals surface area contributed by atoms with Crippen molar-refractivity contribution in [3.63, 3.8) is 0 Å². The number of benzene rings is 4. The van der Waals surface area contributed by atoms with E-state index < -0.39 is 5.54 Å². The zero-order valence-corrected chi connectivity index (χ0v) is 20.2. The molecular weight excluding hydrogens is 444 g/mol. The largest absolute Gasteiger partial charge is 0.490 e. The third-order valence-corrected chi connectivity index (χ3v) is 6.98. The Kier molecular flexibility index (Phi) is 6.29. The summed E-state index contributed by atoms with van der Waals surface area (Å²) in [4.78, 5) is 3.44. The molecule has 0 radical (unpaired) electrons. The van der Waals surface area contributed by atoms with E-state index in [1.165, 1.54) is 22.3 Å². The SMILES string of the molecule is c1ccc(C(NCCc2c[nH]c3cccc(OCC4CO4)c23)(c2ccccc2)c2ccccc2)cc1. The molecule has 1 unspecified atom stereocenters. The average Bonchev–Trinajstić information content (AvgIpc) is 3.69. The summed E-state index contributed by atoms with van der Waals surface area (Å²) in [5.41, 5.74) is 5.52. The summed E-state index contributed by atoms with van der Waals surface area (Å²) < 4.78 is 11.5. The number of H-pyrrole nitrogens is 1. The van der Waals surface area contributed by atoms with Crippen LogP contribution in [0.25, 0.3) is 10.9 Å². The normalized spacial score (nSPS) is 15.2. The monoisotopic (exact) mass is 474 g/mol. The van der Waals surface area contributed by atoms with Crippen molar-refractivity contribution >= 4 is 10.9 Å². The van der Waals surface area contributed by atoms with E-state index in [4.69, 9.17) is 9.47 Å². The lowest BCUT2D eigenvalue weighted by atomic mass is 9.77. The number of aromatic nitrogens is 1. The molecule has 1 aromatic heterocycles. The highest BCUT2D eigenvalue weighted by molar-refractivity contribution is 5.89. The molecule has 1 aliphatic rings. The quantitative estimate of drug-likeness (QED) is 0.191. The molecule has 36 heavy (non-hydrogen) atoms. The predicted molar refractivity (Wildman–Crippen MR) is 144 cm³/mol. The van der Waals surface area contributed by atoms with Crippen LogP contribution in [0.3, 0.4) is 0 Å². The molecule has 4 heteroatoms. The van der Waals surface area contributed by atoms with Gasteiger partial charge in [0, 0.05) is 23.6 Å². The van der Waals surface area contributed by atoms with Gasteiger partial charge in [0.25, 0.3) is 0 Å². The third-order valence-electron chi connectivity index (χ3n) is 6.98. The molecule has 0 spiro atoms. The number of nitrogens with one attached hydrogen (secondary N) is 2. The fraction of sp³-hybridized carbons (Fsp3) is 0.188. The molecule has 1 atom stereocenters. The highest BCUT2D eigenvalue weighted by Gasteiger charge is 2.35. The summed E-state index contributed by atoms with van der Waals surface area (Å²) >= 11 is 0. The molecule has 6 rings (SSSR count). The Morgan fingerprint density at radius 3 is 1.92 bits per heavy atom. The molecule has 1 aliphatic heterocycles. The van der Waals surface area contributed by atoms with Crippen molar-refractivity contribution in [2.45, 2.75) is 18.1 Å². The minimum Gasteiger partial charge on any atom is -0.490 e. The van der Waals surface area contributed by atoms with E-state index in [9.17, 15) is 0 Å². The number of rotatable bonds is 10. The van der Waals surface area contributed by atoms with Crippen LogP contribution in [0.2, 0.25) is 0 Å². The van der Waals surface area contributed by atoms with E-state index in [2.05, 4.69) is 120 Å². The molecule has 2 N–H and O–H groups in total. The van der Waals surface area contributed by atoms with E-state index in [0.29, 0.717) is 6.61 Å². The fourth-order valence-electron chi connectivity index (χ4n) is 5.14.